The lowest BCUT2D eigenvalue weighted by Crippen LogP contribution is -1.93. The summed E-state index contributed by atoms with van der Waals surface area (Å²) in [7, 11) is 1.64. The molecule has 0 amide bonds. The quantitative estimate of drug-likeness (QED) is 0.557. The SMILES string of the molecule is COc1ccc(NCCl)cc1. The molecule has 60 valence electrons. The van der Waals surface area contributed by atoms with E-state index in [4.69, 9.17) is 16.3 Å². The molecule has 11 heavy (non-hydrogen) atoms. The lowest BCUT2D eigenvalue weighted by Gasteiger charge is -2.02. The fourth-order valence-corrected chi connectivity index (χ4v) is 0.940. The predicted octanol–water partition coefficient (Wildman–Crippen LogP) is 2.30. The summed E-state index contributed by atoms with van der Waals surface area (Å²) in [6, 6.07) is 8.03. The second-order valence-electron chi connectivity index (χ2n) is 2.04. The summed E-state index contributed by atoms with van der Waals surface area (Å²) in [5.74, 6) is 0.852. The van der Waals surface area contributed by atoms with Gasteiger partial charge in [0, 0.05) is 5.69 Å². The Labute approximate surface area is 71.1 Å². The summed E-state index contributed by atoms with van der Waals surface area (Å²) in [6.45, 7) is 0. The Kier molecular flexibility index (Phi) is 3.05. The van der Waals surface area contributed by atoms with E-state index in [1.54, 1.807) is 7.11 Å². The predicted molar refractivity (Wildman–Crippen MR) is 47.3 cm³/mol. The average molecular weight is 172 g/mol. The first-order valence-electron chi connectivity index (χ1n) is 3.30. The Morgan fingerprint density at radius 1 is 1.36 bits per heavy atom. The number of nitrogens with one attached hydrogen (secondary N) is 1. The van der Waals surface area contributed by atoms with Gasteiger partial charge in [-0.2, -0.15) is 0 Å². The maximum Gasteiger partial charge on any atom is 0.119 e. The fourth-order valence-electron chi connectivity index (χ4n) is 0.786. The Balaban J connectivity index is 2.66. The third-order valence-corrected chi connectivity index (χ3v) is 1.49. The van der Waals surface area contributed by atoms with E-state index in [9.17, 15) is 0 Å². The van der Waals surface area contributed by atoms with Crippen molar-refractivity contribution in [3.63, 3.8) is 0 Å². The van der Waals surface area contributed by atoms with Crippen molar-refractivity contribution in [1.29, 1.82) is 0 Å². The number of benzene rings is 1. The zero-order valence-corrected chi connectivity index (χ0v) is 7.06. The second kappa shape index (κ2) is 4.09. The van der Waals surface area contributed by atoms with Gasteiger partial charge in [-0.1, -0.05) is 0 Å². The van der Waals surface area contributed by atoms with E-state index < -0.39 is 0 Å². The van der Waals surface area contributed by atoms with Crippen LogP contribution in [0, 0.1) is 0 Å². The molecule has 0 radical (unpaired) electrons. The molecule has 1 aromatic carbocycles. The van der Waals surface area contributed by atoms with Gasteiger partial charge in [0.05, 0.1) is 13.1 Å². The molecule has 1 rings (SSSR count). The van der Waals surface area contributed by atoms with Crippen molar-refractivity contribution in [2.45, 2.75) is 0 Å². The molecule has 0 fully saturated rings. The largest absolute Gasteiger partial charge is 0.497 e. The molecule has 0 atom stereocenters. The van der Waals surface area contributed by atoms with Crippen LogP contribution in [0.4, 0.5) is 5.69 Å². The van der Waals surface area contributed by atoms with E-state index in [1.165, 1.54) is 0 Å². The number of halogens is 1. The Morgan fingerprint density at radius 2 is 2.00 bits per heavy atom. The van der Waals surface area contributed by atoms with Gasteiger partial charge in [-0.05, 0) is 24.3 Å². The Morgan fingerprint density at radius 3 is 2.45 bits per heavy atom. The monoisotopic (exact) mass is 171 g/mol. The van der Waals surface area contributed by atoms with Gasteiger partial charge in [0.2, 0.25) is 0 Å². The number of rotatable bonds is 3. The van der Waals surface area contributed by atoms with Crippen LogP contribution in [0.15, 0.2) is 24.3 Å². The molecular weight excluding hydrogens is 162 g/mol. The van der Waals surface area contributed by atoms with Crippen molar-refractivity contribution in [2.24, 2.45) is 0 Å². The highest BCUT2D eigenvalue weighted by Gasteiger charge is 1.90. The number of methoxy groups -OCH3 is 1. The van der Waals surface area contributed by atoms with Crippen molar-refractivity contribution in [3.8, 4) is 5.75 Å². The van der Waals surface area contributed by atoms with Crippen molar-refractivity contribution < 1.29 is 4.74 Å². The summed E-state index contributed by atoms with van der Waals surface area (Å²) < 4.78 is 4.99. The third kappa shape index (κ3) is 2.31. The van der Waals surface area contributed by atoms with Gasteiger partial charge in [0.25, 0.3) is 0 Å². The molecule has 0 aromatic heterocycles. The van der Waals surface area contributed by atoms with Gasteiger partial charge in [-0.3, -0.25) is 0 Å². The lowest BCUT2D eigenvalue weighted by atomic mass is 10.3. The van der Waals surface area contributed by atoms with Gasteiger partial charge >= 0.3 is 0 Å². The van der Waals surface area contributed by atoms with Gasteiger partial charge < -0.3 is 10.1 Å². The number of hydrogen-bond acceptors (Lipinski definition) is 2. The topological polar surface area (TPSA) is 21.3 Å². The molecule has 0 saturated heterocycles. The minimum absolute atomic E-state index is 0.423. The summed E-state index contributed by atoms with van der Waals surface area (Å²) >= 11 is 5.47. The van der Waals surface area contributed by atoms with E-state index in [0.717, 1.165) is 11.4 Å². The van der Waals surface area contributed by atoms with Crippen LogP contribution < -0.4 is 10.1 Å². The van der Waals surface area contributed by atoms with Crippen LogP contribution in [0.3, 0.4) is 0 Å². The molecule has 0 bridgehead atoms. The van der Waals surface area contributed by atoms with Crippen molar-refractivity contribution in [1.82, 2.24) is 0 Å². The minimum atomic E-state index is 0.423. The van der Waals surface area contributed by atoms with Crippen molar-refractivity contribution in [3.05, 3.63) is 24.3 Å². The number of ether oxygens (including phenoxy) is 1. The molecule has 0 aliphatic heterocycles. The minimum Gasteiger partial charge on any atom is -0.497 e. The van der Waals surface area contributed by atoms with E-state index >= 15 is 0 Å². The molecule has 1 N–H and O–H groups in total. The summed E-state index contributed by atoms with van der Waals surface area (Å²) in [6.07, 6.45) is 0. The maximum absolute atomic E-state index is 5.47. The first-order chi connectivity index (χ1) is 5.36. The molecule has 3 heteroatoms. The average Bonchev–Trinajstić information content (AvgIpc) is 2.07. The number of alkyl halides is 1. The standard InChI is InChI=1S/C8H10ClNO/c1-11-8-4-2-7(3-5-8)10-6-9/h2-5,10H,6H2,1H3. The van der Waals surface area contributed by atoms with Gasteiger partial charge in [-0.15, -0.1) is 11.6 Å². The summed E-state index contributed by atoms with van der Waals surface area (Å²) in [5.41, 5.74) is 1.00. The third-order valence-electron chi connectivity index (χ3n) is 1.36. The highest BCUT2D eigenvalue weighted by atomic mass is 35.5. The van der Waals surface area contributed by atoms with E-state index in [-0.39, 0.29) is 0 Å². The zero-order chi connectivity index (χ0) is 8.10. The highest BCUT2D eigenvalue weighted by Crippen LogP contribution is 2.14. The summed E-state index contributed by atoms with van der Waals surface area (Å²) in [4.78, 5) is 0. The first-order valence-corrected chi connectivity index (χ1v) is 3.84. The van der Waals surface area contributed by atoms with Crippen LogP contribution in [-0.4, -0.2) is 13.1 Å². The van der Waals surface area contributed by atoms with Crippen LogP contribution >= 0.6 is 11.6 Å². The molecule has 0 spiro atoms. The van der Waals surface area contributed by atoms with E-state index in [1.807, 2.05) is 24.3 Å². The van der Waals surface area contributed by atoms with Crippen LogP contribution in [0.1, 0.15) is 0 Å². The zero-order valence-electron chi connectivity index (χ0n) is 6.30. The molecule has 0 saturated carbocycles. The van der Waals surface area contributed by atoms with E-state index in [2.05, 4.69) is 5.32 Å². The maximum atomic E-state index is 5.47. The smallest absolute Gasteiger partial charge is 0.119 e. The molecular formula is C8H10ClNO. The van der Waals surface area contributed by atoms with Crippen LogP contribution in [-0.2, 0) is 0 Å². The lowest BCUT2D eigenvalue weighted by molar-refractivity contribution is 0.415. The Hall–Kier alpha value is -0.890. The Bertz CT molecular complexity index is 210. The molecule has 0 aliphatic rings. The van der Waals surface area contributed by atoms with Gasteiger partial charge in [0.15, 0.2) is 0 Å². The molecule has 0 unspecified atom stereocenters. The number of hydrogen-bond donors (Lipinski definition) is 1. The highest BCUT2D eigenvalue weighted by molar-refractivity contribution is 6.18. The normalized spacial score (nSPS) is 9.27. The molecule has 0 aliphatic carbocycles. The van der Waals surface area contributed by atoms with Crippen LogP contribution in [0.25, 0.3) is 0 Å². The summed E-state index contributed by atoms with van der Waals surface area (Å²) in [5, 5.41) is 2.97. The first kappa shape index (κ1) is 8.21. The molecule has 2 nitrogen and oxygen atoms in total. The molecule has 1 aromatic rings. The van der Waals surface area contributed by atoms with Crippen LogP contribution in [0.5, 0.6) is 5.75 Å². The fraction of sp³-hybridized carbons (Fsp3) is 0.250. The van der Waals surface area contributed by atoms with E-state index in [0.29, 0.717) is 6.00 Å². The molecule has 0 heterocycles. The number of anilines is 1. The van der Waals surface area contributed by atoms with Crippen molar-refractivity contribution in [2.75, 3.05) is 18.4 Å². The van der Waals surface area contributed by atoms with Gasteiger partial charge in [0.1, 0.15) is 5.75 Å². The van der Waals surface area contributed by atoms with Crippen LogP contribution in [0.2, 0.25) is 0 Å². The van der Waals surface area contributed by atoms with Gasteiger partial charge in [-0.25, -0.2) is 0 Å². The second-order valence-corrected chi connectivity index (χ2v) is 2.31. The van der Waals surface area contributed by atoms with Crippen molar-refractivity contribution >= 4 is 17.3 Å².